The van der Waals surface area contributed by atoms with Crippen LogP contribution in [0.25, 0.3) is 10.9 Å². The summed E-state index contributed by atoms with van der Waals surface area (Å²) in [6.07, 6.45) is 1.39. The van der Waals surface area contributed by atoms with Crippen LogP contribution in [-0.2, 0) is 0 Å². The minimum atomic E-state index is -0.112. The van der Waals surface area contributed by atoms with Gasteiger partial charge in [-0.2, -0.15) is 0 Å². The molecule has 0 fully saturated rings. The molecule has 0 saturated carbocycles. The summed E-state index contributed by atoms with van der Waals surface area (Å²) in [6, 6.07) is 6.06. The molecule has 1 aromatic carbocycles. The van der Waals surface area contributed by atoms with Crippen molar-refractivity contribution in [1.82, 2.24) is 10.3 Å². The molecular weight excluding hydrogens is 252 g/mol. The third-order valence-electron chi connectivity index (χ3n) is 3.64. The zero-order valence-electron chi connectivity index (χ0n) is 12.3. The summed E-state index contributed by atoms with van der Waals surface area (Å²) in [5.41, 5.74) is 3.90. The Morgan fingerprint density at radius 2 is 2.10 bits per heavy atom. The summed E-state index contributed by atoms with van der Waals surface area (Å²) in [4.78, 5) is 15.4. The SMILES string of the molecule is CCC(CCO)NC(=O)c1cc2c(C)cc(C)cc2[nH]1. The smallest absolute Gasteiger partial charge is 0.267 e. The molecular formula is C16H22N2O2. The maximum absolute atomic E-state index is 12.2. The van der Waals surface area contributed by atoms with Crippen LogP contribution in [0.4, 0.5) is 0 Å². The molecule has 2 aromatic rings. The highest BCUT2D eigenvalue weighted by Crippen LogP contribution is 2.21. The molecule has 2 rings (SSSR count). The van der Waals surface area contributed by atoms with Crippen molar-refractivity contribution in [2.75, 3.05) is 6.61 Å². The number of aromatic nitrogens is 1. The molecule has 3 N–H and O–H groups in total. The summed E-state index contributed by atoms with van der Waals surface area (Å²) in [7, 11) is 0. The van der Waals surface area contributed by atoms with Gasteiger partial charge in [-0.15, -0.1) is 0 Å². The third kappa shape index (κ3) is 3.02. The van der Waals surface area contributed by atoms with Crippen molar-refractivity contribution in [1.29, 1.82) is 0 Å². The van der Waals surface area contributed by atoms with Crippen molar-refractivity contribution in [2.24, 2.45) is 0 Å². The second-order valence-electron chi connectivity index (χ2n) is 5.32. The molecule has 4 heteroatoms. The van der Waals surface area contributed by atoms with E-state index in [1.807, 2.05) is 32.9 Å². The number of amides is 1. The molecule has 1 atom stereocenters. The Bertz CT molecular complexity index is 616. The highest BCUT2D eigenvalue weighted by molar-refractivity contribution is 5.99. The number of aryl methyl sites for hydroxylation is 2. The van der Waals surface area contributed by atoms with Crippen LogP contribution in [0.1, 0.15) is 41.4 Å². The molecule has 108 valence electrons. The largest absolute Gasteiger partial charge is 0.396 e. The lowest BCUT2D eigenvalue weighted by molar-refractivity contribution is 0.0925. The number of rotatable bonds is 5. The number of carbonyl (C=O) groups excluding carboxylic acids is 1. The first-order valence-corrected chi connectivity index (χ1v) is 7.06. The molecule has 0 radical (unpaired) electrons. The van der Waals surface area contributed by atoms with Gasteiger partial charge in [0, 0.05) is 23.6 Å². The van der Waals surface area contributed by atoms with E-state index in [0.717, 1.165) is 22.9 Å². The zero-order valence-corrected chi connectivity index (χ0v) is 12.3. The fourth-order valence-corrected chi connectivity index (χ4v) is 2.52. The van der Waals surface area contributed by atoms with Crippen LogP contribution in [-0.4, -0.2) is 28.6 Å². The fourth-order valence-electron chi connectivity index (χ4n) is 2.52. The van der Waals surface area contributed by atoms with Crippen molar-refractivity contribution in [3.8, 4) is 0 Å². The molecule has 0 saturated heterocycles. The summed E-state index contributed by atoms with van der Waals surface area (Å²) < 4.78 is 0. The first-order chi connectivity index (χ1) is 9.55. The van der Waals surface area contributed by atoms with E-state index >= 15 is 0 Å². The number of carbonyl (C=O) groups is 1. The minimum absolute atomic E-state index is 0.0155. The Labute approximate surface area is 119 Å². The molecule has 1 heterocycles. The van der Waals surface area contributed by atoms with Gasteiger partial charge in [0.15, 0.2) is 0 Å². The van der Waals surface area contributed by atoms with Crippen molar-refractivity contribution in [3.63, 3.8) is 0 Å². The van der Waals surface area contributed by atoms with Crippen LogP contribution in [0.15, 0.2) is 18.2 Å². The van der Waals surface area contributed by atoms with Crippen molar-refractivity contribution in [3.05, 3.63) is 35.0 Å². The van der Waals surface area contributed by atoms with Crippen LogP contribution in [0, 0.1) is 13.8 Å². The van der Waals surface area contributed by atoms with Gasteiger partial charge in [-0.1, -0.05) is 13.0 Å². The van der Waals surface area contributed by atoms with Gasteiger partial charge in [-0.3, -0.25) is 4.79 Å². The van der Waals surface area contributed by atoms with Crippen molar-refractivity contribution in [2.45, 2.75) is 39.7 Å². The minimum Gasteiger partial charge on any atom is -0.396 e. The van der Waals surface area contributed by atoms with Gasteiger partial charge in [0.05, 0.1) is 0 Å². The van der Waals surface area contributed by atoms with E-state index in [0.29, 0.717) is 12.1 Å². The fraction of sp³-hybridized carbons (Fsp3) is 0.438. The van der Waals surface area contributed by atoms with Gasteiger partial charge in [0.2, 0.25) is 0 Å². The summed E-state index contributed by atoms with van der Waals surface area (Å²) >= 11 is 0. The van der Waals surface area contributed by atoms with E-state index in [1.165, 1.54) is 5.56 Å². The first kappa shape index (κ1) is 14.6. The predicted octanol–water partition coefficient (Wildman–Crippen LogP) is 2.68. The molecule has 4 nitrogen and oxygen atoms in total. The Morgan fingerprint density at radius 1 is 1.35 bits per heavy atom. The van der Waals surface area contributed by atoms with Crippen LogP contribution in [0.2, 0.25) is 0 Å². The number of fused-ring (bicyclic) bond motifs is 1. The Balaban J connectivity index is 2.24. The van der Waals surface area contributed by atoms with E-state index in [9.17, 15) is 4.79 Å². The number of nitrogens with one attached hydrogen (secondary N) is 2. The van der Waals surface area contributed by atoms with Gasteiger partial charge in [-0.05, 0) is 49.9 Å². The quantitative estimate of drug-likeness (QED) is 0.785. The number of aliphatic hydroxyl groups excluding tert-OH is 1. The lowest BCUT2D eigenvalue weighted by atomic mass is 10.1. The monoisotopic (exact) mass is 274 g/mol. The molecule has 1 amide bonds. The maximum atomic E-state index is 12.2. The number of hydrogen-bond acceptors (Lipinski definition) is 2. The lowest BCUT2D eigenvalue weighted by Crippen LogP contribution is -2.35. The number of aliphatic hydroxyl groups is 1. The molecule has 0 aliphatic rings. The Morgan fingerprint density at radius 3 is 2.75 bits per heavy atom. The summed E-state index contributed by atoms with van der Waals surface area (Å²) in [5, 5.41) is 13.0. The van der Waals surface area contributed by atoms with E-state index in [2.05, 4.69) is 16.4 Å². The normalized spacial score (nSPS) is 12.6. The van der Waals surface area contributed by atoms with E-state index < -0.39 is 0 Å². The third-order valence-corrected chi connectivity index (χ3v) is 3.64. The van der Waals surface area contributed by atoms with E-state index in [1.54, 1.807) is 0 Å². The second-order valence-corrected chi connectivity index (χ2v) is 5.32. The van der Waals surface area contributed by atoms with Crippen LogP contribution >= 0.6 is 0 Å². The van der Waals surface area contributed by atoms with Gasteiger partial charge in [0.25, 0.3) is 5.91 Å². The van der Waals surface area contributed by atoms with E-state index in [4.69, 9.17) is 5.11 Å². The van der Waals surface area contributed by atoms with Crippen LogP contribution in [0.5, 0.6) is 0 Å². The summed E-state index contributed by atoms with van der Waals surface area (Å²) in [6.45, 7) is 6.18. The second kappa shape index (κ2) is 6.09. The molecule has 0 spiro atoms. The molecule has 20 heavy (non-hydrogen) atoms. The molecule has 0 aliphatic heterocycles. The predicted molar refractivity (Wildman–Crippen MR) is 81.0 cm³/mol. The van der Waals surface area contributed by atoms with Gasteiger partial charge < -0.3 is 15.4 Å². The maximum Gasteiger partial charge on any atom is 0.267 e. The number of benzene rings is 1. The number of aromatic amines is 1. The first-order valence-electron chi connectivity index (χ1n) is 7.06. The average molecular weight is 274 g/mol. The van der Waals surface area contributed by atoms with Crippen molar-refractivity contribution < 1.29 is 9.90 Å². The van der Waals surface area contributed by atoms with Crippen molar-refractivity contribution >= 4 is 16.8 Å². The zero-order chi connectivity index (χ0) is 14.7. The molecule has 1 unspecified atom stereocenters. The molecule has 0 aliphatic carbocycles. The summed E-state index contributed by atoms with van der Waals surface area (Å²) in [5.74, 6) is -0.112. The van der Waals surface area contributed by atoms with Crippen LogP contribution in [0.3, 0.4) is 0 Å². The molecule has 0 bridgehead atoms. The average Bonchev–Trinajstić information content (AvgIpc) is 2.82. The highest BCUT2D eigenvalue weighted by Gasteiger charge is 2.14. The van der Waals surface area contributed by atoms with Crippen LogP contribution < -0.4 is 5.32 Å². The lowest BCUT2D eigenvalue weighted by Gasteiger charge is -2.14. The number of hydrogen-bond donors (Lipinski definition) is 3. The van der Waals surface area contributed by atoms with Gasteiger partial charge in [0.1, 0.15) is 5.69 Å². The highest BCUT2D eigenvalue weighted by atomic mass is 16.3. The van der Waals surface area contributed by atoms with Gasteiger partial charge in [-0.25, -0.2) is 0 Å². The Hall–Kier alpha value is -1.81. The van der Waals surface area contributed by atoms with Gasteiger partial charge >= 0.3 is 0 Å². The van der Waals surface area contributed by atoms with E-state index in [-0.39, 0.29) is 18.6 Å². The molecule has 1 aromatic heterocycles. The number of H-pyrrole nitrogens is 1. The standard InChI is InChI=1S/C16H22N2O2/c1-4-12(5-6-19)17-16(20)15-9-13-11(3)7-10(2)8-14(13)18-15/h7-9,12,18-19H,4-6H2,1-3H3,(H,17,20). The topological polar surface area (TPSA) is 65.1 Å². The Kier molecular flexibility index (Phi) is 4.45.